The van der Waals surface area contributed by atoms with Gasteiger partial charge in [-0.05, 0) is 34.2 Å². The van der Waals surface area contributed by atoms with Crippen molar-refractivity contribution in [3.05, 3.63) is 179 Å². The normalized spacial score (nSPS) is 12.2. The van der Waals surface area contributed by atoms with Crippen molar-refractivity contribution in [3.8, 4) is 0 Å². The van der Waals surface area contributed by atoms with Gasteiger partial charge in [0.1, 0.15) is 25.3 Å². The molecule has 0 unspecified atom stereocenters. The minimum absolute atomic E-state index is 0.00795. The number of amides is 2. The number of alkyl carbamates (subject to hydrolysis) is 1. The van der Waals surface area contributed by atoms with E-state index in [-0.39, 0.29) is 31.8 Å². The van der Waals surface area contributed by atoms with Crippen molar-refractivity contribution < 1.29 is 33.8 Å². The largest absolute Gasteiger partial charge is 0.480 e. The van der Waals surface area contributed by atoms with E-state index in [1.54, 1.807) is 24.3 Å². The van der Waals surface area contributed by atoms with Crippen molar-refractivity contribution >= 4 is 35.7 Å². The first kappa shape index (κ1) is 37.4. The zero-order valence-electron chi connectivity index (χ0n) is 28.4. The summed E-state index contributed by atoms with van der Waals surface area (Å²) in [5.74, 6) is -2.41. The maximum Gasteiger partial charge on any atom is 0.408 e. The van der Waals surface area contributed by atoms with Crippen LogP contribution in [0.15, 0.2) is 152 Å². The standard InChI is InChI=1S/C42H40N2O7S/c45-38(27-26-36(39(46)47)44-41(49)51-29-32-18-8-2-9-19-32)43-37(40(48)50-28-31-16-6-1-7-17-31)30-52-42(33-20-10-3-11-21-33,34-22-12-4-13-23-34)35-24-14-5-15-25-35/h1-25,36-37H,26-30H2,(H,43,45)(H,44,49)(H,46,47)/t36-,37-/m0/s1. The third-order valence-electron chi connectivity index (χ3n) is 8.31. The van der Waals surface area contributed by atoms with Crippen molar-refractivity contribution in [3.63, 3.8) is 0 Å². The van der Waals surface area contributed by atoms with Gasteiger partial charge in [0.05, 0.1) is 4.75 Å². The van der Waals surface area contributed by atoms with Gasteiger partial charge in [0.15, 0.2) is 0 Å². The van der Waals surface area contributed by atoms with Crippen molar-refractivity contribution in [1.82, 2.24) is 10.6 Å². The molecule has 2 amide bonds. The number of ether oxygens (including phenoxy) is 2. The van der Waals surface area contributed by atoms with E-state index in [2.05, 4.69) is 10.6 Å². The molecule has 0 heterocycles. The second-order valence-electron chi connectivity index (χ2n) is 11.9. The van der Waals surface area contributed by atoms with Crippen molar-refractivity contribution in [2.45, 2.75) is 42.9 Å². The number of carbonyl (C=O) groups excluding carboxylic acids is 3. The van der Waals surface area contributed by atoms with Crippen LogP contribution in [0.25, 0.3) is 0 Å². The van der Waals surface area contributed by atoms with Crippen LogP contribution < -0.4 is 10.6 Å². The Morgan fingerprint density at radius 2 is 1.00 bits per heavy atom. The highest BCUT2D eigenvalue weighted by Gasteiger charge is 2.39. The lowest BCUT2D eigenvalue weighted by molar-refractivity contribution is -0.148. The van der Waals surface area contributed by atoms with Crippen LogP contribution in [0.5, 0.6) is 0 Å². The molecule has 0 aliphatic rings. The van der Waals surface area contributed by atoms with Gasteiger partial charge in [0.2, 0.25) is 5.91 Å². The van der Waals surface area contributed by atoms with E-state index in [1.807, 2.05) is 127 Å². The lowest BCUT2D eigenvalue weighted by atomic mass is 9.84. The Hall–Kier alpha value is -5.87. The van der Waals surface area contributed by atoms with Gasteiger partial charge in [-0.2, -0.15) is 0 Å². The maximum absolute atomic E-state index is 13.7. The summed E-state index contributed by atoms with van der Waals surface area (Å²) in [6.07, 6.45) is -1.44. The zero-order chi connectivity index (χ0) is 36.6. The fraction of sp³-hybridized carbons (Fsp3) is 0.190. The Balaban J connectivity index is 1.34. The molecule has 5 rings (SSSR count). The SMILES string of the molecule is O=C(CC[C@H](NC(=O)OCc1ccccc1)C(=O)O)N[C@@H](CSC(c1ccccc1)(c1ccccc1)c1ccccc1)C(=O)OCc1ccccc1. The summed E-state index contributed by atoms with van der Waals surface area (Å²) < 4.78 is 10.1. The Morgan fingerprint density at radius 3 is 1.44 bits per heavy atom. The molecule has 0 saturated carbocycles. The van der Waals surface area contributed by atoms with Gasteiger partial charge in [-0.25, -0.2) is 14.4 Å². The molecule has 52 heavy (non-hydrogen) atoms. The second kappa shape index (κ2) is 18.9. The average Bonchev–Trinajstić information content (AvgIpc) is 3.19. The highest BCUT2D eigenvalue weighted by molar-refractivity contribution is 8.00. The Labute approximate surface area is 307 Å². The summed E-state index contributed by atoms with van der Waals surface area (Å²) in [5, 5.41) is 14.9. The molecule has 0 aliphatic carbocycles. The highest BCUT2D eigenvalue weighted by Crippen LogP contribution is 2.48. The van der Waals surface area contributed by atoms with E-state index in [1.165, 1.54) is 11.8 Å². The van der Waals surface area contributed by atoms with Crippen LogP contribution >= 0.6 is 11.8 Å². The summed E-state index contributed by atoms with van der Waals surface area (Å²) >= 11 is 1.49. The lowest BCUT2D eigenvalue weighted by Crippen LogP contribution is -2.46. The van der Waals surface area contributed by atoms with Crippen LogP contribution in [0.4, 0.5) is 4.79 Å². The zero-order valence-corrected chi connectivity index (χ0v) is 29.2. The number of thioether (sulfide) groups is 1. The van der Waals surface area contributed by atoms with Crippen LogP contribution in [0.1, 0.15) is 40.7 Å². The molecule has 0 bridgehead atoms. The number of carboxylic acid groups (broad SMARTS) is 1. The number of benzene rings is 5. The fourth-order valence-electron chi connectivity index (χ4n) is 5.68. The first-order chi connectivity index (χ1) is 25.3. The molecule has 3 N–H and O–H groups in total. The quantitative estimate of drug-likeness (QED) is 0.0687. The highest BCUT2D eigenvalue weighted by atomic mass is 32.2. The molecule has 9 nitrogen and oxygen atoms in total. The van der Waals surface area contributed by atoms with Crippen LogP contribution in [0.2, 0.25) is 0 Å². The number of esters is 1. The number of hydrogen-bond acceptors (Lipinski definition) is 7. The monoisotopic (exact) mass is 716 g/mol. The number of rotatable bonds is 17. The number of nitrogens with one attached hydrogen (secondary N) is 2. The number of hydrogen-bond donors (Lipinski definition) is 3. The van der Waals surface area contributed by atoms with E-state index < -0.39 is 40.8 Å². The van der Waals surface area contributed by atoms with Crippen LogP contribution in [0, 0.1) is 0 Å². The molecule has 0 saturated heterocycles. The van der Waals surface area contributed by atoms with E-state index in [9.17, 15) is 24.3 Å². The molecule has 10 heteroatoms. The molecule has 5 aromatic rings. The van der Waals surface area contributed by atoms with Crippen molar-refractivity contribution in [2.75, 3.05) is 5.75 Å². The summed E-state index contributed by atoms with van der Waals surface area (Å²) in [6.45, 7) is -0.0333. The lowest BCUT2D eigenvalue weighted by Gasteiger charge is -2.36. The number of aliphatic carboxylic acids is 1. The van der Waals surface area contributed by atoms with Gasteiger partial charge in [-0.1, -0.05) is 152 Å². The summed E-state index contributed by atoms with van der Waals surface area (Å²) in [4.78, 5) is 51.6. The van der Waals surface area contributed by atoms with E-state index in [0.717, 1.165) is 27.8 Å². The van der Waals surface area contributed by atoms with E-state index in [4.69, 9.17) is 9.47 Å². The van der Waals surface area contributed by atoms with Crippen LogP contribution in [0.3, 0.4) is 0 Å². The Morgan fingerprint density at radius 1 is 0.577 bits per heavy atom. The first-order valence-corrected chi connectivity index (χ1v) is 17.8. The third-order valence-corrected chi connectivity index (χ3v) is 9.95. The minimum atomic E-state index is -1.39. The summed E-state index contributed by atoms with van der Waals surface area (Å²) in [5.41, 5.74) is 4.47. The van der Waals surface area contributed by atoms with Crippen LogP contribution in [-0.4, -0.2) is 46.9 Å². The molecule has 0 fully saturated rings. The molecule has 0 aliphatic heterocycles. The Bertz CT molecular complexity index is 1780. The predicted octanol–water partition coefficient (Wildman–Crippen LogP) is 7.10. The molecule has 0 spiro atoms. The first-order valence-electron chi connectivity index (χ1n) is 16.9. The molecule has 0 radical (unpaired) electrons. The van der Waals surface area contributed by atoms with Crippen LogP contribution in [-0.2, 0) is 41.8 Å². The topological polar surface area (TPSA) is 131 Å². The van der Waals surface area contributed by atoms with Gasteiger partial charge in [0.25, 0.3) is 0 Å². The van der Waals surface area contributed by atoms with E-state index >= 15 is 0 Å². The minimum Gasteiger partial charge on any atom is -0.480 e. The summed E-state index contributed by atoms with van der Waals surface area (Å²) in [7, 11) is 0. The second-order valence-corrected chi connectivity index (χ2v) is 13.2. The number of carboxylic acids is 1. The average molecular weight is 717 g/mol. The summed E-state index contributed by atoms with van der Waals surface area (Å²) in [6, 6.07) is 45.6. The molecular weight excluding hydrogens is 677 g/mol. The molecular formula is C42H40N2O7S. The van der Waals surface area contributed by atoms with Gasteiger partial charge < -0.3 is 25.2 Å². The Kier molecular flexibility index (Phi) is 13.6. The van der Waals surface area contributed by atoms with Gasteiger partial charge in [-0.3, -0.25) is 4.79 Å². The number of carbonyl (C=O) groups is 4. The molecule has 2 atom stereocenters. The molecule has 5 aromatic carbocycles. The fourth-order valence-corrected chi connectivity index (χ4v) is 7.23. The van der Waals surface area contributed by atoms with Gasteiger partial charge >= 0.3 is 18.0 Å². The van der Waals surface area contributed by atoms with Crippen molar-refractivity contribution in [2.24, 2.45) is 0 Å². The van der Waals surface area contributed by atoms with E-state index in [0.29, 0.717) is 0 Å². The molecule has 266 valence electrons. The van der Waals surface area contributed by atoms with Crippen molar-refractivity contribution in [1.29, 1.82) is 0 Å². The molecule has 0 aromatic heterocycles. The smallest absolute Gasteiger partial charge is 0.408 e. The third kappa shape index (κ3) is 10.3. The maximum atomic E-state index is 13.7. The van der Waals surface area contributed by atoms with Gasteiger partial charge in [-0.15, -0.1) is 11.8 Å². The van der Waals surface area contributed by atoms with Gasteiger partial charge in [0, 0.05) is 12.2 Å². The predicted molar refractivity (Wildman–Crippen MR) is 200 cm³/mol.